The molecule has 0 spiro atoms. The van der Waals surface area contributed by atoms with Crippen LogP contribution < -0.4 is 0 Å². The number of aryl methyl sites for hydroxylation is 2. The number of carbonyl (C=O) groups is 1. The van der Waals surface area contributed by atoms with Crippen molar-refractivity contribution in [2.45, 2.75) is 25.7 Å². The summed E-state index contributed by atoms with van der Waals surface area (Å²) in [4.78, 5) is 13.4. The molecule has 2 N–H and O–H groups in total. The fraction of sp³-hybridized carbons (Fsp3) is 0.500. The molecule has 1 aromatic heterocycles. The lowest BCUT2D eigenvalue weighted by Crippen LogP contribution is -1.97. The maximum Gasteiger partial charge on any atom is 0.303 e. The maximum atomic E-state index is 10.3. The van der Waals surface area contributed by atoms with Crippen molar-refractivity contribution in [3.63, 3.8) is 0 Å². The van der Waals surface area contributed by atoms with Crippen LogP contribution in [-0.2, 0) is 17.6 Å². The highest BCUT2D eigenvalue weighted by Crippen LogP contribution is 2.08. The van der Waals surface area contributed by atoms with Crippen LogP contribution >= 0.6 is 12.6 Å². The molecule has 0 aliphatic heterocycles. The largest absolute Gasteiger partial charge is 0.481 e. The number of aromatic amines is 1. The van der Waals surface area contributed by atoms with Gasteiger partial charge in [-0.05, 0) is 36.6 Å². The second-order valence-corrected chi connectivity index (χ2v) is 3.70. The molecule has 14 heavy (non-hydrogen) atoms. The number of thiol groups is 1. The first-order valence-electron chi connectivity index (χ1n) is 4.71. The first kappa shape index (κ1) is 11.2. The number of hydrogen-bond acceptors (Lipinski definition) is 2. The zero-order valence-corrected chi connectivity index (χ0v) is 8.89. The van der Waals surface area contributed by atoms with E-state index in [0.29, 0.717) is 6.42 Å². The summed E-state index contributed by atoms with van der Waals surface area (Å²) in [5.41, 5.74) is 2.24. The van der Waals surface area contributed by atoms with E-state index in [0.717, 1.165) is 24.3 Å². The zero-order valence-electron chi connectivity index (χ0n) is 7.99. The summed E-state index contributed by atoms with van der Waals surface area (Å²) in [6, 6.07) is 2.03. The number of rotatable bonds is 6. The third kappa shape index (κ3) is 3.87. The van der Waals surface area contributed by atoms with Gasteiger partial charge >= 0.3 is 5.97 Å². The van der Waals surface area contributed by atoms with Crippen LogP contribution in [0.5, 0.6) is 0 Å². The SMILES string of the molecule is O=C(O)CCc1cc(CCCS)c[nH]1. The van der Waals surface area contributed by atoms with Gasteiger partial charge in [0.15, 0.2) is 0 Å². The highest BCUT2D eigenvalue weighted by molar-refractivity contribution is 7.80. The Morgan fingerprint density at radius 2 is 2.29 bits per heavy atom. The summed E-state index contributed by atoms with van der Waals surface area (Å²) >= 11 is 4.14. The fourth-order valence-electron chi connectivity index (χ4n) is 1.31. The molecule has 0 bridgehead atoms. The molecule has 3 nitrogen and oxygen atoms in total. The van der Waals surface area contributed by atoms with E-state index in [9.17, 15) is 4.79 Å². The molecule has 0 saturated heterocycles. The van der Waals surface area contributed by atoms with E-state index in [1.54, 1.807) is 0 Å². The second kappa shape index (κ2) is 5.75. The average Bonchev–Trinajstić information content (AvgIpc) is 2.59. The van der Waals surface area contributed by atoms with Crippen LogP contribution in [0.2, 0.25) is 0 Å². The van der Waals surface area contributed by atoms with Crippen molar-refractivity contribution in [2.75, 3.05) is 5.75 Å². The van der Waals surface area contributed by atoms with Crippen molar-refractivity contribution in [2.24, 2.45) is 0 Å². The Kier molecular flexibility index (Phi) is 4.59. The first-order valence-corrected chi connectivity index (χ1v) is 5.34. The Hall–Kier alpha value is -0.900. The molecule has 0 aliphatic carbocycles. The first-order chi connectivity index (χ1) is 6.72. The second-order valence-electron chi connectivity index (χ2n) is 3.25. The predicted molar refractivity (Wildman–Crippen MR) is 58.9 cm³/mol. The van der Waals surface area contributed by atoms with Gasteiger partial charge in [0.1, 0.15) is 0 Å². The van der Waals surface area contributed by atoms with Crippen LogP contribution in [0.25, 0.3) is 0 Å². The molecule has 0 aromatic carbocycles. The fourth-order valence-corrected chi connectivity index (χ4v) is 1.46. The van der Waals surface area contributed by atoms with Crippen molar-refractivity contribution < 1.29 is 9.90 Å². The van der Waals surface area contributed by atoms with Crippen LogP contribution in [0.15, 0.2) is 12.3 Å². The van der Waals surface area contributed by atoms with Crippen molar-refractivity contribution >= 4 is 18.6 Å². The lowest BCUT2D eigenvalue weighted by atomic mass is 10.1. The normalized spacial score (nSPS) is 10.4. The molecule has 0 aliphatic rings. The zero-order chi connectivity index (χ0) is 10.4. The molecular formula is C10H15NO2S. The van der Waals surface area contributed by atoms with Gasteiger partial charge in [0.05, 0.1) is 6.42 Å². The minimum absolute atomic E-state index is 0.187. The summed E-state index contributed by atoms with van der Waals surface area (Å²) < 4.78 is 0. The molecule has 1 rings (SSSR count). The minimum Gasteiger partial charge on any atom is -0.481 e. The van der Waals surface area contributed by atoms with Crippen LogP contribution in [0, 0.1) is 0 Å². The molecule has 0 amide bonds. The standard InChI is InChI=1S/C10H15NO2S/c12-10(13)4-3-9-6-8(7-11-9)2-1-5-14/h6-7,11,14H,1-5H2,(H,12,13). The van der Waals surface area contributed by atoms with Gasteiger partial charge in [-0.1, -0.05) is 0 Å². The topological polar surface area (TPSA) is 53.1 Å². The molecular weight excluding hydrogens is 198 g/mol. The Morgan fingerprint density at radius 1 is 1.50 bits per heavy atom. The summed E-state index contributed by atoms with van der Waals surface area (Å²) in [6.07, 6.45) is 4.77. The van der Waals surface area contributed by atoms with E-state index in [1.165, 1.54) is 5.56 Å². The van der Waals surface area contributed by atoms with E-state index in [-0.39, 0.29) is 6.42 Å². The smallest absolute Gasteiger partial charge is 0.303 e. The summed E-state index contributed by atoms with van der Waals surface area (Å²) in [5.74, 6) is 0.131. The number of aliphatic carboxylic acids is 1. The number of carboxylic acids is 1. The molecule has 0 atom stereocenters. The third-order valence-corrected chi connectivity index (χ3v) is 2.35. The Bertz CT molecular complexity index is 296. The Balaban J connectivity index is 2.38. The van der Waals surface area contributed by atoms with E-state index in [4.69, 9.17) is 5.11 Å². The number of H-pyrrole nitrogens is 1. The minimum atomic E-state index is -0.753. The summed E-state index contributed by atoms with van der Waals surface area (Å²) in [5, 5.41) is 8.50. The molecule has 78 valence electrons. The third-order valence-electron chi connectivity index (χ3n) is 2.03. The van der Waals surface area contributed by atoms with Crippen LogP contribution in [0.1, 0.15) is 24.1 Å². The average molecular weight is 213 g/mol. The number of nitrogens with one attached hydrogen (secondary N) is 1. The van der Waals surface area contributed by atoms with Crippen molar-refractivity contribution in [3.05, 3.63) is 23.5 Å². The van der Waals surface area contributed by atoms with Gasteiger partial charge in [-0.15, -0.1) is 0 Å². The van der Waals surface area contributed by atoms with Crippen molar-refractivity contribution in [1.82, 2.24) is 4.98 Å². The molecule has 0 fully saturated rings. The molecule has 0 saturated carbocycles. The highest BCUT2D eigenvalue weighted by atomic mass is 32.1. The van der Waals surface area contributed by atoms with E-state index in [1.807, 2.05) is 12.3 Å². The molecule has 1 aromatic rings. The number of hydrogen-bond donors (Lipinski definition) is 3. The van der Waals surface area contributed by atoms with E-state index >= 15 is 0 Å². The van der Waals surface area contributed by atoms with E-state index < -0.39 is 5.97 Å². The van der Waals surface area contributed by atoms with Gasteiger partial charge in [0, 0.05) is 11.9 Å². The Morgan fingerprint density at radius 3 is 2.93 bits per heavy atom. The van der Waals surface area contributed by atoms with Gasteiger partial charge in [-0.2, -0.15) is 12.6 Å². The molecule has 0 unspecified atom stereocenters. The monoisotopic (exact) mass is 213 g/mol. The molecule has 4 heteroatoms. The highest BCUT2D eigenvalue weighted by Gasteiger charge is 2.01. The predicted octanol–water partition coefficient (Wildman–Crippen LogP) is 1.89. The van der Waals surface area contributed by atoms with E-state index in [2.05, 4.69) is 17.6 Å². The summed E-state index contributed by atoms with van der Waals surface area (Å²) in [7, 11) is 0. The van der Waals surface area contributed by atoms with Crippen LogP contribution in [0.3, 0.4) is 0 Å². The van der Waals surface area contributed by atoms with Gasteiger partial charge in [0.25, 0.3) is 0 Å². The summed E-state index contributed by atoms with van der Waals surface area (Å²) in [6.45, 7) is 0. The lowest BCUT2D eigenvalue weighted by Gasteiger charge is -1.93. The molecule has 1 heterocycles. The van der Waals surface area contributed by atoms with Crippen molar-refractivity contribution in [1.29, 1.82) is 0 Å². The van der Waals surface area contributed by atoms with Gasteiger partial charge < -0.3 is 10.1 Å². The van der Waals surface area contributed by atoms with Gasteiger partial charge in [0.2, 0.25) is 0 Å². The van der Waals surface area contributed by atoms with Crippen molar-refractivity contribution in [3.8, 4) is 0 Å². The van der Waals surface area contributed by atoms with Crippen LogP contribution in [0.4, 0.5) is 0 Å². The number of aromatic nitrogens is 1. The van der Waals surface area contributed by atoms with Crippen LogP contribution in [-0.4, -0.2) is 21.8 Å². The maximum absolute atomic E-state index is 10.3. The number of carboxylic acid groups (broad SMARTS) is 1. The van der Waals surface area contributed by atoms with Gasteiger partial charge in [-0.25, -0.2) is 0 Å². The van der Waals surface area contributed by atoms with Gasteiger partial charge in [-0.3, -0.25) is 4.79 Å². The quantitative estimate of drug-likeness (QED) is 0.632. The lowest BCUT2D eigenvalue weighted by molar-refractivity contribution is -0.136. The molecule has 0 radical (unpaired) electrons. The Labute approximate surface area is 88.9 Å².